The number of ether oxygens (including phenoxy) is 1. The Balaban J connectivity index is 1.98. The maximum atomic E-state index is 12.2. The van der Waals surface area contributed by atoms with E-state index < -0.39 is 6.04 Å². The molecule has 5 heteroatoms. The number of nitrogens with zero attached hydrogens (tertiary/aromatic N) is 1. The molecule has 0 bridgehead atoms. The highest BCUT2D eigenvalue weighted by molar-refractivity contribution is 6.30. The number of halogens is 1. The van der Waals surface area contributed by atoms with Gasteiger partial charge in [0.1, 0.15) is 11.8 Å². The Morgan fingerprint density at radius 2 is 1.95 bits per heavy atom. The van der Waals surface area contributed by atoms with Crippen LogP contribution >= 0.6 is 11.6 Å². The Hall–Kier alpha value is -2.04. The Kier molecular flexibility index (Phi) is 3.57. The van der Waals surface area contributed by atoms with Gasteiger partial charge in [-0.05, 0) is 29.8 Å². The molecule has 1 aliphatic heterocycles. The zero-order valence-corrected chi connectivity index (χ0v) is 12.2. The maximum absolute atomic E-state index is 12.2. The number of carbonyl (C=O) groups is 1. The van der Waals surface area contributed by atoms with E-state index in [1.807, 2.05) is 42.5 Å². The van der Waals surface area contributed by atoms with Crippen molar-refractivity contribution in [3.05, 3.63) is 59.1 Å². The fourth-order valence-corrected chi connectivity index (χ4v) is 2.81. The van der Waals surface area contributed by atoms with Gasteiger partial charge in [-0.3, -0.25) is 4.79 Å². The van der Waals surface area contributed by atoms with E-state index in [-0.39, 0.29) is 11.9 Å². The lowest BCUT2D eigenvalue weighted by molar-refractivity contribution is -0.126. The molecule has 2 aromatic carbocycles. The molecule has 1 fully saturated rings. The first-order valence-corrected chi connectivity index (χ1v) is 6.98. The third-order valence-corrected chi connectivity index (χ3v) is 3.90. The van der Waals surface area contributed by atoms with Crippen molar-refractivity contribution in [1.29, 1.82) is 0 Å². The van der Waals surface area contributed by atoms with Gasteiger partial charge in [0.15, 0.2) is 0 Å². The lowest BCUT2D eigenvalue weighted by atomic mass is 9.88. The van der Waals surface area contributed by atoms with Gasteiger partial charge in [0.05, 0.1) is 13.2 Å². The molecule has 3 rings (SSSR count). The summed E-state index contributed by atoms with van der Waals surface area (Å²) in [4.78, 5) is 13.8. The third kappa shape index (κ3) is 2.37. The minimum atomic E-state index is -0.547. The summed E-state index contributed by atoms with van der Waals surface area (Å²) in [5, 5.41) is 0.629. The first-order valence-electron chi connectivity index (χ1n) is 6.60. The molecular weight excluding hydrogens is 288 g/mol. The van der Waals surface area contributed by atoms with Crippen LogP contribution in [0.15, 0.2) is 48.5 Å². The second-order valence-electron chi connectivity index (χ2n) is 4.94. The standard InChI is InChI=1S/C16H15ClN2O2/c1-21-13-7-3-6-12(9-13)19-15(14(18)16(19)20)10-4-2-5-11(17)8-10/h2-9,14-15H,18H2,1H3. The van der Waals surface area contributed by atoms with Crippen LogP contribution in [0.2, 0.25) is 5.02 Å². The molecule has 0 aliphatic carbocycles. The minimum Gasteiger partial charge on any atom is -0.497 e. The molecule has 2 aromatic rings. The van der Waals surface area contributed by atoms with Gasteiger partial charge < -0.3 is 15.4 Å². The van der Waals surface area contributed by atoms with E-state index in [4.69, 9.17) is 22.1 Å². The van der Waals surface area contributed by atoms with Crippen LogP contribution in [0, 0.1) is 0 Å². The predicted octanol–water partition coefficient (Wildman–Crippen LogP) is 2.76. The van der Waals surface area contributed by atoms with Crippen molar-refractivity contribution in [3.8, 4) is 5.75 Å². The highest BCUT2D eigenvalue weighted by atomic mass is 35.5. The number of anilines is 1. The maximum Gasteiger partial charge on any atom is 0.247 e. The second kappa shape index (κ2) is 5.39. The van der Waals surface area contributed by atoms with E-state index in [1.165, 1.54) is 0 Å². The molecule has 2 atom stereocenters. The number of hydrogen-bond acceptors (Lipinski definition) is 3. The quantitative estimate of drug-likeness (QED) is 0.887. The van der Waals surface area contributed by atoms with Gasteiger partial charge in [-0.15, -0.1) is 0 Å². The fourth-order valence-electron chi connectivity index (χ4n) is 2.61. The first kappa shape index (κ1) is 13.9. The van der Waals surface area contributed by atoms with Gasteiger partial charge in [-0.1, -0.05) is 29.8 Å². The van der Waals surface area contributed by atoms with Crippen molar-refractivity contribution in [3.63, 3.8) is 0 Å². The van der Waals surface area contributed by atoms with E-state index in [0.29, 0.717) is 10.8 Å². The lowest BCUT2D eigenvalue weighted by Gasteiger charge is -2.45. The third-order valence-electron chi connectivity index (χ3n) is 3.66. The molecule has 0 spiro atoms. The van der Waals surface area contributed by atoms with Crippen LogP contribution < -0.4 is 15.4 Å². The Morgan fingerprint density at radius 3 is 2.67 bits per heavy atom. The lowest BCUT2D eigenvalue weighted by Crippen LogP contribution is -2.63. The predicted molar refractivity (Wildman–Crippen MR) is 82.6 cm³/mol. The monoisotopic (exact) mass is 302 g/mol. The van der Waals surface area contributed by atoms with Gasteiger partial charge >= 0.3 is 0 Å². The highest BCUT2D eigenvalue weighted by Crippen LogP contribution is 2.39. The summed E-state index contributed by atoms with van der Waals surface area (Å²) in [5.74, 6) is 0.596. The molecule has 1 heterocycles. The van der Waals surface area contributed by atoms with E-state index in [9.17, 15) is 4.79 Å². The van der Waals surface area contributed by atoms with Crippen LogP contribution in [0.1, 0.15) is 11.6 Å². The summed E-state index contributed by atoms with van der Waals surface area (Å²) >= 11 is 6.03. The highest BCUT2D eigenvalue weighted by Gasteiger charge is 2.46. The van der Waals surface area contributed by atoms with Gasteiger partial charge in [0.25, 0.3) is 0 Å². The van der Waals surface area contributed by atoms with Gasteiger partial charge in [0, 0.05) is 16.8 Å². The summed E-state index contributed by atoms with van der Waals surface area (Å²) in [7, 11) is 1.59. The molecule has 4 nitrogen and oxygen atoms in total. The van der Waals surface area contributed by atoms with Crippen molar-refractivity contribution in [2.75, 3.05) is 12.0 Å². The average molecular weight is 303 g/mol. The number of carbonyl (C=O) groups excluding carboxylic acids is 1. The number of amides is 1. The molecule has 1 saturated heterocycles. The van der Waals surface area contributed by atoms with E-state index in [0.717, 1.165) is 11.3 Å². The molecule has 2 unspecified atom stereocenters. The van der Waals surface area contributed by atoms with Crippen LogP contribution in [-0.4, -0.2) is 19.1 Å². The van der Waals surface area contributed by atoms with Crippen molar-refractivity contribution in [2.45, 2.75) is 12.1 Å². The molecule has 0 radical (unpaired) electrons. The fraction of sp³-hybridized carbons (Fsp3) is 0.188. The molecule has 1 aliphatic rings. The molecule has 0 aromatic heterocycles. The number of nitrogens with two attached hydrogens (primary N) is 1. The normalized spacial score (nSPS) is 21.1. The van der Waals surface area contributed by atoms with Crippen LogP contribution in [-0.2, 0) is 4.79 Å². The first-order chi connectivity index (χ1) is 10.1. The van der Waals surface area contributed by atoms with E-state index >= 15 is 0 Å². The summed E-state index contributed by atoms with van der Waals surface area (Å²) in [5.41, 5.74) is 7.68. The van der Waals surface area contributed by atoms with Gasteiger partial charge in [0.2, 0.25) is 5.91 Å². The number of β-lactam (4-membered cyclic amide) rings is 1. The van der Waals surface area contributed by atoms with Gasteiger partial charge in [-0.2, -0.15) is 0 Å². The molecular formula is C16H15ClN2O2. The Bertz CT molecular complexity index is 689. The zero-order valence-electron chi connectivity index (χ0n) is 11.5. The van der Waals surface area contributed by atoms with Crippen molar-refractivity contribution in [1.82, 2.24) is 0 Å². The van der Waals surface area contributed by atoms with Crippen LogP contribution in [0.5, 0.6) is 5.75 Å². The average Bonchev–Trinajstić information content (AvgIpc) is 2.51. The SMILES string of the molecule is COc1cccc(N2C(=O)C(N)C2c2cccc(Cl)c2)c1. The van der Waals surface area contributed by atoms with Crippen molar-refractivity contribution in [2.24, 2.45) is 5.73 Å². The smallest absolute Gasteiger partial charge is 0.247 e. The largest absolute Gasteiger partial charge is 0.497 e. The van der Waals surface area contributed by atoms with E-state index in [1.54, 1.807) is 18.1 Å². The molecule has 2 N–H and O–H groups in total. The van der Waals surface area contributed by atoms with Crippen LogP contribution in [0.25, 0.3) is 0 Å². The summed E-state index contributed by atoms with van der Waals surface area (Å²) < 4.78 is 5.21. The summed E-state index contributed by atoms with van der Waals surface area (Å²) in [6.07, 6.45) is 0. The van der Waals surface area contributed by atoms with Gasteiger partial charge in [-0.25, -0.2) is 0 Å². The Morgan fingerprint density at radius 1 is 1.19 bits per heavy atom. The van der Waals surface area contributed by atoms with E-state index in [2.05, 4.69) is 0 Å². The topological polar surface area (TPSA) is 55.6 Å². The molecule has 0 saturated carbocycles. The zero-order chi connectivity index (χ0) is 15.0. The number of rotatable bonds is 3. The number of methoxy groups -OCH3 is 1. The van der Waals surface area contributed by atoms with Crippen molar-refractivity contribution < 1.29 is 9.53 Å². The van der Waals surface area contributed by atoms with Crippen molar-refractivity contribution >= 4 is 23.2 Å². The molecule has 1 amide bonds. The van der Waals surface area contributed by atoms with Crippen LogP contribution in [0.4, 0.5) is 5.69 Å². The summed E-state index contributed by atoms with van der Waals surface area (Å²) in [6.45, 7) is 0. The number of hydrogen-bond donors (Lipinski definition) is 1. The number of benzene rings is 2. The summed E-state index contributed by atoms with van der Waals surface area (Å²) in [6, 6.07) is 14.0. The minimum absolute atomic E-state index is 0.103. The second-order valence-corrected chi connectivity index (χ2v) is 5.37. The molecule has 108 valence electrons. The van der Waals surface area contributed by atoms with Crippen LogP contribution in [0.3, 0.4) is 0 Å². The Labute approximate surface area is 128 Å². The molecule has 21 heavy (non-hydrogen) atoms.